The first-order valence-electron chi connectivity index (χ1n) is 6.65. The van der Waals surface area contributed by atoms with Crippen molar-refractivity contribution < 1.29 is 9.50 Å². The van der Waals surface area contributed by atoms with Crippen molar-refractivity contribution >= 4 is 5.69 Å². The fourth-order valence-electron chi connectivity index (χ4n) is 2.54. The summed E-state index contributed by atoms with van der Waals surface area (Å²) in [6.07, 6.45) is 0.903. The Morgan fingerprint density at radius 3 is 2.65 bits per heavy atom. The van der Waals surface area contributed by atoms with Crippen LogP contribution in [-0.2, 0) is 5.41 Å². The third-order valence-corrected chi connectivity index (χ3v) is 3.77. The fourth-order valence-corrected chi connectivity index (χ4v) is 2.54. The van der Waals surface area contributed by atoms with Gasteiger partial charge in [-0.1, -0.05) is 26.0 Å². The molecule has 0 saturated heterocycles. The molecule has 1 atom stereocenters. The molecular formula is C16H17FN2O. The lowest BCUT2D eigenvalue weighted by atomic mass is 9.91. The number of fused-ring (bicyclic) bond motifs is 1. The van der Waals surface area contributed by atoms with E-state index in [1.165, 1.54) is 12.1 Å². The molecule has 1 aromatic heterocycles. The molecule has 0 saturated carbocycles. The van der Waals surface area contributed by atoms with E-state index >= 15 is 0 Å². The minimum absolute atomic E-state index is 0.00862. The normalized spacial score (nSPS) is 17.4. The highest BCUT2D eigenvalue weighted by atomic mass is 19.1. The predicted octanol–water partition coefficient (Wildman–Crippen LogP) is 3.01. The van der Waals surface area contributed by atoms with Gasteiger partial charge in [-0.3, -0.25) is 4.98 Å². The molecule has 20 heavy (non-hydrogen) atoms. The molecule has 0 bridgehead atoms. The van der Waals surface area contributed by atoms with Crippen molar-refractivity contribution in [2.75, 3.05) is 11.9 Å². The summed E-state index contributed by atoms with van der Waals surface area (Å²) in [5, 5.41) is 13.7. The lowest BCUT2D eigenvalue weighted by Crippen LogP contribution is -2.20. The maximum Gasteiger partial charge on any atom is 0.123 e. The largest absolute Gasteiger partial charge is 0.384 e. The van der Waals surface area contributed by atoms with Gasteiger partial charge in [0.25, 0.3) is 0 Å². The van der Waals surface area contributed by atoms with E-state index in [0.717, 1.165) is 17.9 Å². The molecular weight excluding hydrogens is 255 g/mol. The molecule has 4 heteroatoms. The van der Waals surface area contributed by atoms with Crippen LogP contribution in [0.5, 0.6) is 0 Å². The zero-order valence-electron chi connectivity index (χ0n) is 11.5. The molecule has 0 spiro atoms. The molecule has 1 aliphatic heterocycles. The van der Waals surface area contributed by atoms with Gasteiger partial charge in [0.15, 0.2) is 0 Å². The van der Waals surface area contributed by atoms with Gasteiger partial charge in [0.2, 0.25) is 0 Å². The number of nitrogens with one attached hydrogen (secondary N) is 1. The van der Waals surface area contributed by atoms with Crippen LogP contribution in [0, 0.1) is 5.82 Å². The highest BCUT2D eigenvalue weighted by Crippen LogP contribution is 2.36. The van der Waals surface area contributed by atoms with Crippen molar-refractivity contribution in [1.29, 1.82) is 0 Å². The minimum Gasteiger partial charge on any atom is -0.384 e. The molecule has 2 N–H and O–H groups in total. The number of rotatable bonds is 2. The SMILES string of the molecule is CC1(C)CNc2cc([C@@H](O)c3ccc(F)cc3)cnc21. The Morgan fingerprint density at radius 1 is 1.25 bits per heavy atom. The Bertz CT molecular complexity index is 637. The van der Waals surface area contributed by atoms with Crippen molar-refractivity contribution in [3.63, 3.8) is 0 Å². The second kappa shape index (κ2) is 4.56. The van der Waals surface area contributed by atoms with Gasteiger partial charge in [-0.2, -0.15) is 0 Å². The number of anilines is 1. The summed E-state index contributed by atoms with van der Waals surface area (Å²) in [6, 6.07) is 7.79. The molecule has 0 amide bonds. The summed E-state index contributed by atoms with van der Waals surface area (Å²) < 4.78 is 12.9. The van der Waals surface area contributed by atoms with Crippen LogP contribution in [0.2, 0.25) is 0 Å². The van der Waals surface area contributed by atoms with Gasteiger partial charge in [0.05, 0.1) is 11.4 Å². The lowest BCUT2D eigenvalue weighted by molar-refractivity contribution is 0.220. The van der Waals surface area contributed by atoms with Gasteiger partial charge in [-0.25, -0.2) is 4.39 Å². The zero-order chi connectivity index (χ0) is 14.3. The van der Waals surface area contributed by atoms with Gasteiger partial charge in [-0.15, -0.1) is 0 Å². The topological polar surface area (TPSA) is 45.1 Å². The molecule has 0 radical (unpaired) electrons. The highest BCUT2D eigenvalue weighted by Gasteiger charge is 2.31. The number of aliphatic hydroxyl groups is 1. The molecule has 0 unspecified atom stereocenters. The third kappa shape index (κ3) is 2.16. The average Bonchev–Trinajstić information content (AvgIpc) is 2.74. The van der Waals surface area contributed by atoms with Crippen LogP contribution < -0.4 is 5.32 Å². The van der Waals surface area contributed by atoms with Crippen molar-refractivity contribution in [1.82, 2.24) is 4.98 Å². The summed E-state index contributed by atoms with van der Waals surface area (Å²) in [5.74, 6) is -0.309. The quantitative estimate of drug-likeness (QED) is 0.883. The maximum atomic E-state index is 12.9. The van der Waals surface area contributed by atoms with E-state index in [1.807, 2.05) is 6.07 Å². The first kappa shape index (κ1) is 13.1. The van der Waals surface area contributed by atoms with Crippen LogP contribution in [0.3, 0.4) is 0 Å². The Labute approximate surface area is 117 Å². The van der Waals surface area contributed by atoms with Crippen LogP contribution in [0.15, 0.2) is 36.5 Å². The number of aliphatic hydroxyl groups excluding tert-OH is 1. The molecule has 3 nitrogen and oxygen atoms in total. The first-order valence-corrected chi connectivity index (χ1v) is 6.65. The average molecular weight is 272 g/mol. The fraction of sp³-hybridized carbons (Fsp3) is 0.312. The van der Waals surface area contributed by atoms with Gasteiger partial charge in [-0.05, 0) is 23.8 Å². The van der Waals surface area contributed by atoms with Crippen LogP contribution in [0.25, 0.3) is 0 Å². The second-order valence-electron chi connectivity index (χ2n) is 5.86. The molecule has 0 fully saturated rings. The second-order valence-corrected chi connectivity index (χ2v) is 5.86. The summed E-state index contributed by atoms with van der Waals surface area (Å²) >= 11 is 0. The Kier molecular flexibility index (Phi) is 2.98. The number of pyridine rings is 1. The van der Waals surface area contributed by atoms with Gasteiger partial charge < -0.3 is 10.4 Å². The first-order chi connectivity index (χ1) is 9.47. The van der Waals surface area contributed by atoms with Crippen molar-refractivity contribution in [2.24, 2.45) is 0 Å². The minimum atomic E-state index is -0.793. The van der Waals surface area contributed by atoms with E-state index in [1.54, 1.807) is 18.3 Å². The van der Waals surface area contributed by atoms with Gasteiger partial charge in [0.1, 0.15) is 11.9 Å². The number of hydrogen-bond acceptors (Lipinski definition) is 3. The Balaban J connectivity index is 1.94. The summed E-state index contributed by atoms with van der Waals surface area (Å²) in [4.78, 5) is 4.48. The molecule has 2 heterocycles. The maximum absolute atomic E-state index is 12.9. The number of halogens is 1. The van der Waals surface area contributed by atoms with E-state index in [4.69, 9.17) is 0 Å². The van der Waals surface area contributed by atoms with E-state index < -0.39 is 6.10 Å². The van der Waals surface area contributed by atoms with Gasteiger partial charge in [0, 0.05) is 23.7 Å². The molecule has 1 aromatic carbocycles. The van der Waals surface area contributed by atoms with Crippen molar-refractivity contribution in [3.8, 4) is 0 Å². The number of aromatic nitrogens is 1. The van der Waals surface area contributed by atoms with Crippen molar-refractivity contribution in [2.45, 2.75) is 25.4 Å². The Hall–Kier alpha value is -1.94. The summed E-state index contributed by atoms with van der Waals surface area (Å²) in [6.45, 7) is 5.11. The number of benzene rings is 1. The van der Waals surface area contributed by atoms with E-state index in [0.29, 0.717) is 11.1 Å². The van der Waals surface area contributed by atoms with E-state index in [9.17, 15) is 9.50 Å². The van der Waals surface area contributed by atoms with Crippen LogP contribution in [0.1, 0.15) is 36.8 Å². The molecule has 0 aliphatic carbocycles. The highest BCUT2D eigenvalue weighted by molar-refractivity contribution is 5.58. The third-order valence-electron chi connectivity index (χ3n) is 3.77. The molecule has 2 aromatic rings. The monoisotopic (exact) mass is 272 g/mol. The van der Waals surface area contributed by atoms with Crippen LogP contribution in [-0.4, -0.2) is 16.6 Å². The summed E-state index contributed by atoms with van der Waals surface area (Å²) in [5.41, 5.74) is 3.36. The summed E-state index contributed by atoms with van der Waals surface area (Å²) in [7, 11) is 0. The number of hydrogen-bond donors (Lipinski definition) is 2. The standard InChI is InChI=1S/C16H17FN2O/c1-16(2)9-19-13-7-11(8-18-15(13)16)14(20)10-3-5-12(17)6-4-10/h3-8,14,19-20H,9H2,1-2H3/t14-/m0/s1. The molecule has 3 rings (SSSR count). The van der Waals surface area contributed by atoms with Gasteiger partial charge >= 0.3 is 0 Å². The van der Waals surface area contributed by atoms with Crippen LogP contribution >= 0.6 is 0 Å². The van der Waals surface area contributed by atoms with Crippen molar-refractivity contribution in [3.05, 3.63) is 59.2 Å². The molecule has 1 aliphatic rings. The smallest absolute Gasteiger partial charge is 0.123 e. The predicted molar refractivity (Wildman–Crippen MR) is 76.2 cm³/mol. The molecule has 104 valence electrons. The number of nitrogens with zero attached hydrogens (tertiary/aromatic N) is 1. The van der Waals surface area contributed by atoms with E-state index in [-0.39, 0.29) is 11.2 Å². The zero-order valence-corrected chi connectivity index (χ0v) is 11.5. The lowest BCUT2D eigenvalue weighted by Gasteiger charge is -2.16. The Morgan fingerprint density at radius 2 is 1.95 bits per heavy atom. The van der Waals surface area contributed by atoms with Crippen LogP contribution in [0.4, 0.5) is 10.1 Å². The van der Waals surface area contributed by atoms with E-state index in [2.05, 4.69) is 24.1 Å².